The fraction of sp³-hybridized carbons (Fsp3) is 0.333. The Morgan fingerprint density at radius 3 is 2.36 bits per heavy atom. The van der Waals surface area contributed by atoms with E-state index in [0.29, 0.717) is 0 Å². The van der Waals surface area contributed by atoms with E-state index < -0.39 is 0 Å². The first-order chi connectivity index (χ1) is 5.38. The van der Waals surface area contributed by atoms with Crippen LogP contribution in [-0.2, 0) is 4.74 Å². The Bertz CT molecular complexity index is 194. The van der Waals surface area contributed by atoms with Gasteiger partial charge in [-0.1, -0.05) is 30.3 Å². The van der Waals surface area contributed by atoms with Gasteiger partial charge in [-0.05, 0) is 11.8 Å². The molecule has 0 saturated heterocycles. The fourth-order valence-electron chi connectivity index (χ4n) is 0.979. The molecule has 1 atom stereocenters. The van der Waals surface area contributed by atoms with E-state index in [1.54, 1.807) is 18.9 Å². The molecule has 1 unspecified atom stereocenters. The molecule has 1 rings (SSSR count). The second-order valence-corrected chi connectivity index (χ2v) is 3.11. The van der Waals surface area contributed by atoms with Crippen LogP contribution in [0.1, 0.15) is 11.0 Å². The SMILES string of the molecule is COC(SC)c1ccccc1. The molecule has 0 aromatic heterocycles. The van der Waals surface area contributed by atoms with E-state index in [1.165, 1.54) is 5.56 Å². The first kappa shape index (κ1) is 8.62. The molecule has 0 heterocycles. The Kier molecular flexibility index (Phi) is 3.46. The van der Waals surface area contributed by atoms with Crippen molar-refractivity contribution in [1.82, 2.24) is 0 Å². The van der Waals surface area contributed by atoms with Crippen LogP contribution in [-0.4, -0.2) is 13.4 Å². The molecule has 1 aromatic carbocycles. The average molecular weight is 168 g/mol. The maximum Gasteiger partial charge on any atom is 0.127 e. The van der Waals surface area contributed by atoms with Crippen molar-refractivity contribution in [3.05, 3.63) is 35.9 Å². The number of benzene rings is 1. The van der Waals surface area contributed by atoms with Gasteiger partial charge in [0.15, 0.2) is 0 Å². The van der Waals surface area contributed by atoms with Crippen LogP contribution < -0.4 is 0 Å². The van der Waals surface area contributed by atoms with Gasteiger partial charge in [0.2, 0.25) is 0 Å². The predicted octanol–water partition coefficient (Wildman–Crippen LogP) is 2.69. The Balaban J connectivity index is 2.74. The molecule has 0 aliphatic rings. The normalized spacial score (nSPS) is 12.9. The Morgan fingerprint density at radius 1 is 1.27 bits per heavy atom. The van der Waals surface area contributed by atoms with Gasteiger partial charge in [0.25, 0.3) is 0 Å². The lowest BCUT2D eigenvalue weighted by Crippen LogP contribution is -1.94. The van der Waals surface area contributed by atoms with Crippen molar-refractivity contribution in [2.24, 2.45) is 0 Å². The molecule has 0 aliphatic carbocycles. The third-order valence-corrected chi connectivity index (χ3v) is 2.39. The molecular weight excluding hydrogens is 156 g/mol. The maximum absolute atomic E-state index is 5.25. The third-order valence-electron chi connectivity index (χ3n) is 1.50. The van der Waals surface area contributed by atoms with E-state index in [-0.39, 0.29) is 5.44 Å². The fourth-order valence-corrected chi connectivity index (χ4v) is 1.60. The highest BCUT2D eigenvalue weighted by molar-refractivity contribution is 7.98. The van der Waals surface area contributed by atoms with E-state index >= 15 is 0 Å². The quantitative estimate of drug-likeness (QED) is 0.642. The zero-order valence-corrected chi connectivity index (χ0v) is 7.60. The third kappa shape index (κ3) is 2.24. The van der Waals surface area contributed by atoms with E-state index in [1.807, 2.05) is 24.5 Å². The van der Waals surface area contributed by atoms with Crippen LogP contribution in [0.15, 0.2) is 30.3 Å². The number of hydrogen-bond donors (Lipinski definition) is 0. The molecule has 0 saturated carbocycles. The van der Waals surface area contributed by atoms with Crippen LogP contribution in [0.5, 0.6) is 0 Å². The van der Waals surface area contributed by atoms with Gasteiger partial charge < -0.3 is 4.74 Å². The van der Waals surface area contributed by atoms with E-state index in [4.69, 9.17) is 4.74 Å². The van der Waals surface area contributed by atoms with Crippen molar-refractivity contribution in [1.29, 1.82) is 0 Å². The lowest BCUT2D eigenvalue weighted by Gasteiger charge is -2.11. The summed E-state index contributed by atoms with van der Waals surface area (Å²) in [5.41, 5.74) is 1.40. The van der Waals surface area contributed by atoms with Crippen LogP contribution in [0, 0.1) is 0 Å². The summed E-state index contributed by atoms with van der Waals surface area (Å²) in [5.74, 6) is 0. The molecule has 0 radical (unpaired) electrons. The van der Waals surface area contributed by atoms with Crippen molar-refractivity contribution in [2.75, 3.05) is 13.4 Å². The van der Waals surface area contributed by atoms with Gasteiger partial charge in [0, 0.05) is 7.11 Å². The van der Waals surface area contributed by atoms with Gasteiger partial charge in [-0.15, -0.1) is 11.8 Å². The van der Waals surface area contributed by atoms with Crippen molar-refractivity contribution in [3.8, 4) is 0 Å². The lowest BCUT2D eigenvalue weighted by atomic mass is 10.2. The maximum atomic E-state index is 5.25. The van der Waals surface area contributed by atoms with Gasteiger partial charge >= 0.3 is 0 Å². The molecule has 0 amide bonds. The molecule has 60 valence electrons. The second-order valence-electron chi connectivity index (χ2n) is 2.21. The predicted molar refractivity (Wildman–Crippen MR) is 49.7 cm³/mol. The molecule has 0 bridgehead atoms. The molecule has 0 N–H and O–H groups in total. The standard InChI is InChI=1S/C9H12OS/c1-10-9(11-2)8-6-4-3-5-7-8/h3-7,9H,1-2H3. The minimum absolute atomic E-state index is 0.177. The highest BCUT2D eigenvalue weighted by atomic mass is 32.2. The molecule has 0 spiro atoms. The molecule has 1 nitrogen and oxygen atoms in total. The number of thioether (sulfide) groups is 1. The minimum atomic E-state index is 0.177. The summed E-state index contributed by atoms with van der Waals surface area (Å²) in [5, 5.41) is 0. The molecule has 2 heteroatoms. The highest BCUT2D eigenvalue weighted by Crippen LogP contribution is 2.26. The van der Waals surface area contributed by atoms with Gasteiger partial charge in [-0.2, -0.15) is 0 Å². The number of methoxy groups -OCH3 is 1. The summed E-state index contributed by atoms with van der Waals surface area (Å²) in [4.78, 5) is 0. The number of rotatable bonds is 3. The first-order valence-electron chi connectivity index (χ1n) is 3.49. The summed E-state index contributed by atoms with van der Waals surface area (Å²) in [6, 6.07) is 10.2. The van der Waals surface area contributed by atoms with Gasteiger partial charge in [0.05, 0.1) is 0 Å². The summed E-state index contributed by atoms with van der Waals surface area (Å²) in [6.07, 6.45) is 2.04. The molecule has 11 heavy (non-hydrogen) atoms. The zero-order valence-electron chi connectivity index (χ0n) is 6.78. The Labute approximate surface area is 71.8 Å². The van der Waals surface area contributed by atoms with Crippen LogP contribution in [0.25, 0.3) is 0 Å². The van der Waals surface area contributed by atoms with Crippen molar-refractivity contribution < 1.29 is 4.74 Å². The van der Waals surface area contributed by atoms with E-state index in [2.05, 4.69) is 12.1 Å². The monoisotopic (exact) mass is 168 g/mol. The summed E-state index contributed by atoms with van der Waals surface area (Å²) >= 11 is 1.70. The first-order valence-corrected chi connectivity index (χ1v) is 4.78. The summed E-state index contributed by atoms with van der Waals surface area (Å²) in [7, 11) is 1.73. The largest absolute Gasteiger partial charge is 0.366 e. The number of ether oxygens (including phenoxy) is 1. The molecule has 1 aromatic rings. The van der Waals surface area contributed by atoms with E-state index in [0.717, 1.165) is 0 Å². The Morgan fingerprint density at radius 2 is 1.91 bits per heavy atom. The van der Waals surface area contributed by atoms with Crippen LogP contribution in [0.3, 0.4) is 0 Å². The highest BCUT2D eigenvalue weighted by Gasteiger charge is 2.05. The van der Waals surface area contributed by atoms with Gasteiger partial charge in [0.1, 0.15) is 5.44 Å². The van der Waals surface area contributed by atoms with Crippen LogP contribution >= 0.6 is 11.8 Å². The summed E-state index contributed by atoms with van der Waals surface area (Å²) < 4.78 is 5.25. The van der Waals surface area contributed by atoms with Crippen molar-refractivity contribution in [2.45, 2.75) is 5.44 Å². The Hall–Kier alpha value is -0.470. The molecule has 0 fully saturated rings. The van der Waals surface area contributed by atoms with E-state index in [9.17, 15) is 0 Å². The smallest absolute Gasteiger partial charge is 0.127 e. The van der Waals surface area contributed by atoms with Crippen LogP contribution in [0.4, 0.5) is 0 Å². The molecular formula is C9H12OS. The van der Waals surface area contributed by atoms with Gasteiger partial charge in [-0.3, -0.25) is 0 Å². The van der Waals surface area contributed by atoms with Crippen molar-refractivity contribution >= 4 is 11.8 Å². The van der Waals surface area contributed by atoms with Crippen molar-refractivity contribution in [3.63, 3.8) is 0 Å². The average Bonchev–Trinajstić information content (AvgIpc) is 2.09. The molecule has 0 aliphatic heterocycles. The zero-order chi connectivity index (χ0) is 8.10. The summed E-state index contributed by atoms with van der Waals surface area (Å²) in [6.45, 7) is 0. The topological polar surface area (TPSA) is 9.23 Å². The minimum Gasteiger partial charge on any atom is -0.366 e. The lowest BCUT2D eigenvalue weighted by molar-refractivity contribution is 0.176. The second kappa shape index (κ2) is 4.42. The van der Waals surface area contributed by atoms with Crippen LogP contribution in [0.2, 0.25) is 0 Å². The number of hydrogen-bond acceptors (Lipinski definition) is 2. The van der Waals surface area contributed by atoms with Gasteiger partial charge in [-0.25, -0.2) is 0 Å².